The first-order valence-corrected chi connectivity index (χ1v) is 5.68. The molecule has 96 valence electrons. The third-order valence-electron chi connectivity index (χ3n) is 2.86. The molecule has 0 aromatic carbocycles. The smallest absolute Gasteiger partial charge is 0.306 e. The van der Waals surface area contributed by atoms with Crippen molar-refractivity contribution in [2.24, 2.45) is 5.92 Å². The number of carboxylic acids is 1. The monoisotopic (exact) mass is 248 g/mol. The number of aliphatic carboxylic acids is 1. The number of carboxylic acid groups (broad SMARTS) is 1. The Morgan fingerprint density at radius 1 is 1.50 bits per heavy atom. The number of hydrogen-bond donors (Lipinski definition) is 2. The van der Waals surface area contributed by atoms with Gasteiger partial charge in [-0.25, -0.2) is 0 Å². The molecule has 0 aliphatic heterocycles. The molecule has 0 aliphatic carbocycles. The number of nitrogens with zero attached hydrogens (tertiary/aromatic N) is 3. The van der Waals surface area contributed by atoms with E-state index in [4.69, 9.17) is 10.4 Å². The van der Waals surface area contributed by atoms with Crippen LogP contribution in [0.3, 0.4) is 0 Å². The molecule has 1 heterocycles. The molecule has 0 saturated carbocycles. The normalized spacial score (nSPS) is 11.7. The van der Waals surface area contributed by atoms with E-state index in [0.29, 0.717) is 24.3 Å². The van der Waals surface area contributed by atoms with E-state index in [1.54, 1.807) is 13.8 Å². The van der Waals surface area contributed by atoms with E-state index in [1.165, 1.54) is 0 Å². The fourth-order valence-corrected chi connectivity index (χ4v) is 1.40. The molecule has 0 radical (unpaired) electrons. The molecular weight excluding hydrogens is 232 g/mol. The Morgan fingerprint density at radius 3 is 2.72 bits per heavy atom. The van der Waals surface area contributed by atoms with Gasteiger partial charge in [0.2, 0.25) is 0 Å². The van der Waals surface area contributed by atoms with Crippen molar-refractivity contribution in [1.82, 2.24) is 10.2 Å². The van der Waals surface area contributed by atoms with Gasteiger partial charge in [0.25, 0.3) is 0 Å². The molecule has 1 aromatic rings. The molecule has 0 amide bonds. The van der Waals surface area contributed by atoms with Crippen LogP contribution in [0.25, 0.3) is 0 Å². The second kappa shape index (κ2) is 5.96. The zero-order valence-corrected chi connectivity index (χ0v) is 10.7. The van der Waals surface area contributed by atoms with Crippen LogP contribution < -0.4 is 5.32 Å². The van der Waals surface area contributed by atoms with Crippen molar-refractivity contribution >= 4 is 11.8 Å². The van der Waals surface area contributed by atoms with Gasteiger partial charge < -0.3 is 10.4 Å². The van der Waals surface area contributed by atoms with Crippen molar-refractivity contribution in [1.29, 1.82) is 5.26 Å². The minimum absolute atomic E-state index is 0.415. The molecule has 6 nitrogen and oxygen atoms in total. The molecular formula is C12H16N4O2. The van der Waals surface area contributed by atoms with Gasteiger partial charge in [-0.1, -0.05) is 6.92 Å². The molecule has 18 heavy (non-hydrogen) atoms. The first kappa shape index (κ1) is 13.9. The van der Waals surface area contributed by atoms with Crippen LogP contribution in [0.15, 0.2) is 0 Å². The van der Waals surface area contributed by atoms with Crippen molar-refractivity contribution in [2.45, 2.75) is 27.2 Å². The minimum atomic E-state index is -0.830. The number of nitriles is 1. The van der Waals surface area contributed by atoms with Gasteiger partial charge in [0.05, 0.1) is 11.6 Å². The third kappa shape index (κ3) is 3.17. The van der Waals surface area contributed by atoms with Gasteiger partial charge in [-0.05, 0) is 25.8 Å². The molecule has 0 saturated heterocycles. The van der Waals surface area contributed by atoms with Gasteiger partial charge in [0.15, 0.2) is 5.82 Å². The number of aryl methyl sites for hydroxylation is 1. The van der Waals surface area contributed by atoms with E-state index in [-0.39, 0.29) is 0 Å². The van der Waals surface area contributed by atoms with E-state index in [1.807, 2.05) is 6.92 Å². The molecule has 6 heteroatoms. The van der Waals surface area contributed by atoms with E-state index < -0.39 is 11.9 Å². The van der Waals surface area contributed by atoms with Crippen LogP contribution >= 0.6 is 0 Å². The summed E-state index contributed by atoms with van der Waals surface area (Å²) in [7, 11) is 0. The number of nitrogens with one attached hydrogen (secondary N) is 1. The van der Waals surface area contributed by atoms with E-state index in [0.717, 1.165) is 11.3 Å². The molecule has 1 rings (SSSR count). The van der Waals surface area contributed by atoms with Crippen LogP contribution in [0.5, 0.6) is 0 Å². The molecule has 1 unspecified atom stereocenters. The summed E-state index contributed by atoms with van der Waals surface area (Å²) in [4.78, 5) is 10.7. The van der Waals surface area contributed by atoms with Crippen LogP contribution in [-0.2, 0) is 4.79 Å². The van der Waals surface area contributed by atoms with Gasteiger partial charge in [0, 0.05) is 6.54 Å². The fourth-order valence-electron chi connectivity index (χ4n) is 1.40. The molecule has 1 atom stereocenters. The lowest BCUT2D eigenvalue weighted by atomic mass is 10.1. The lowest BCUT2D eigenvalue weighted by molar-refractivity contribution is -0.141. The highest BCUT2D eigenvalue weighted by molar-refractivity contribution is 5.69. The Kier molecular flexibility index (Phi) is 4.60. The maximum absolute atomic E-state index is 10.7. The first-order chi connectivity index (χ1) is 8.47. The Balaban J connectivity index is 2.72. The van der Waals surface area contributed by atoms with Gasteiger partial charge in [0.1, 0.15) is 11.6 Å². The lowest BCUT2D eigenvalue weighted by Crippen LogP contribution is -2.16. The van der Waals surface area contributed by atoms with Crippen molar-refractivity contribution in [3.63, 3.8) is 0 Å². The van der Waals surface area contributed by atoms with E-state index >= 15 is 0 Å². The highest BCUT2D eigenvalue weighted by Gasteiger charge is 2.13. The molecule has 1 aromatic heterocycles. The van der Waals surface area contributed by atoms with Crippen molar-refractivity contribution in [3.05, 3.63) is 16.8 Å². The topological polar surface area (TPSA) is 98.9 Å². The average Bonchev–Trinajstić information content (AvgIpc) is 2.33. The van der Waals surface area contributed by atoms with Gasteiger partial charge in [-0.2, -0.15) is 10.4 Å². The Morgan fingerprint density at radius 2 is 2.17 bits per heavy atom. The summed E-state index contributed by atoms with van der Waals surface area (Å²) in [5, 5.41) is 28.6. The quantitative estimate of drug-likeness (QED) is 0.819. The van der Waals surface area contributed by atoms with Gasteiger partial charge >= 0.3 is 5.97 Å². The summed E-state index contributed by atoms with van der Waals surface area (Å²) < 4.78 is 0. The summed E-state index contributed by atoms with van der Waals surface area (Å²) in [6.45, 7) is 5.69. The molecule has 0 spiro atoms. The van der Waals surface area contributed by atoms with E-state index in [9.17, 15) is 4.79 Å². The predicted octanol–water partition coefficient (Wildman–Crippen LogP) is 1.49. The number of hydrogen-bond acceptors (Lipinski definition) is 5. The molecule has 0 aliphatic rings. The third-order valence-corrected chi connectivity index (χ3v) is 2.86. The highest BCUT2D eigenvalue weighted by Crippen LogP contribution is 2.17. The summed E-state index contributed by atoms with van der Waals surface area (Å²) in [5.74, 6) is -0.843. The lowest BCUT2D eigenvalue weighted by Gasteiger charge is -2.10. The summed E-state index contributed by atoms with van der Waals surface area (Å²) in [6.07, 6.45) is 0.467. The van der Waals surface area contributed by atoms with Crippen LogP contribution in [0.4, 0.5) is 5.82 Å². The Hall–Kier alpha value is -2.16. The molecule has 0 bridgehead atoms. The van der Waals surface area contributed by atoms with Crippen molar-refractivity contribution in [3.8, 4) is 6.07 Å². The maximum Gasteiger partial charge on any atom is 0.306 e. The number of rotatable bonds is 5. The highest BCUT2D eigenvalue weighted by atomic mass is 16.4. The second-order valence-electron chi connectivity index (χ2n) is 4.20. The maximum atomic E-state index is 10.7. The van der Waals surface area contributed by atoms with Crippen LogP contribution in [0.1, 0.15) is 30.2 Å². The van der Waals surface area contributed by atoms with Gasteiger partial charge in [-0.15, -0.1) is 5.10 Å². The van der Waals surface area contributed by atoms with Crippen LogP contribution in [0.2, 0.25) is 0 Å². The summed E-state index contributed by atoms with van der Waals surface area (Å²) >= 11 is 0. The summed E-state index contributed by atoms with van der Waals surface area (Å²) in [5.41, 5.74) is 1.97. The summed E-state index contributed by atoms with van der Waals surface area (Å²) in [6, 6.07) is 2.08. The Labute approximate surface area is 106 Å². The zero-order chi connectivity index (χ0) is 13.7. The SMILES string of the molecule is Cc1nnc(NCCC(C)C(=O)O)c(C#N)c1C. The number of anilines is 1. The molecule has 0 fully saturated rings. The second-order valence-corrected chi connectivity index (χ2v) is 4.20. The Bertz CT molecular complexity index is 494. The standard InChI is InChI=1S/C12H16N4O2/c1-7(12(17)18)4-5-14-11-10(6-13)8(2)9(3)15-16-11/h7H,4-5H2,1-3H3,(H,14,16)(H,17,18). The van der Waals surface area contributed by atoms with Gasteiger partial charge in [-0.3, -0.25) is 4.79 Å². The number of aromatic nitrogens is 2. The first-order valence-electron chi connectivity index (χ1n) is 5.68. The van der Waals surface area contributed by atoms with Crippen molar-refractivity contribution in [2.75, 3.05) is 11.9 Å². The van der Waals surface area contributed by atoms with Crippen LogP contribution in [0, 0.1) is 31.1 Å². The minimum Gasteiger partial charge on any atom is -0.481 e. The average molecular weight is 248 g/mol. The largest absolute Gasteiger partial charge is 0.481 e. The van der Waals surface area contributed by atoms with Crippen LogP contribution in [-0.4, -0.2) is 27.8 Å². The zero-order valence-electron chi connectivity index (χ0n) is 10.7. The van der Waals surface area contributed by atoms with Crippen molar-refractivity contribution < 1.29 is 9.90 Å². The fraction of sp³-hybridized carbons (Fsp3) is 0.500. The molecule has 2 N–H and O–H groups in total. The van der Waals surface area contributed by atoms with E-state index in [2.05, 4.69) is 21.6 Å². The number of carbonyl (C=O) groups is 1. The predicted molar refractivity (Wildman–Crippen MR) is 66.1 cm³/mol.